The summed E-state index contributed by atoms with van der Waals surface area (Å²) in [6.07, 6.45) is 6.50. The van der Waals surface area contributed by atoms with Gasteiger partial charge in [0.1, 0.15) is 5.78 Å². The van der Waals surface area contributed by atoms with E-state index < -0.39 is 0 Å². The molecule has 3 heteroatoms. The predicted molar refractivity (Wildman–Crippen MR) is 85.8 cm³/mol. The molecule has 1 aromatic carbocycles. The molecule has 20 heavy (non-hydrogen) atoms. The van der Waals surface area contributed by atoms with E-state index in [1.54, 1.807) is 0 Å². The number of ketones is 1. The van der Waals surface area contributed by atoms with E-state index in [9.17, 15) is 4.79 Å². The molecule has 0 saturated heterocycles. The third-order valence-corrected chi connectivity index (χ3v) is 5.28. The Balaban J connectivity index is 1.88. The summed E-state index contributed by atoms with van der Waals surface area (Å²) in [7, 11) is 0. The predicted octanol–water partition coefficient (Wildman–Crippen LogP) is 5.51. The van der Waals surface area contributed by atoms with Crippen LogP contribution in [0.1, 0.15) is 55.6 Å². The zero-order valence-corrected chi connectivity index (χ0v) is 13.5. The van der Waals surface area contributed by atoms with E-state index >= 15 is 0 Å². The second-order valence-electron chi connectivity index (χ2n) is 5.88. The maximum atomic E-state index is 11.3. The van der Waals surface area contributed by atoms with Gasteiger partial charge in [0.05, 0.1) is 5.88 Å². The summed E-state index contributed by atoms with van der Waals surface area (Å²) in [4.78, 5) is 11.3. The summed E-state index contributed by atoms with van der Waals surface area (Å²) in [6.45, 7) is 2.11. The van der Waals surface area contributed by atoms with Crippen molar-refractivity contribution in [1.29, 1.82) is 0 Å². The first-order chi connectivity index (χ1) is 9.61. The van der Waals surface area contributed by atoms with Gasteiger partial charge >= 0.3 is 0 Å². The van der Waals surface area contributed by atoms with Crippen LogP contribution in [0.5, 0.6) is 0 Å². The van der Waals surface area contributed by atoms with Crippen LogP contribution in [0.15, 0.2) is 18.2 Å². The van der Waals surface area contributed by atoms with Crippen molar-refractivity contribution in [3.8, 4) is 0 Å². The molecule has 0 bridgehead atoms. The van der Waals surface area contributed by atoms with Gasteiger partial charge in [-0.05, 0) is 68.1 Å². The molecule has 1 fully saturated rings. The molecule has 2 rings (SSSR count). The van der Waals surface area contributed by atoms with Crippen molar-refractivity contribution in [1.82, 2.24) is 0 Å². The number of hydrogen-bond donors (Lipinski definition) is 0. The molecule has 1 aromatic rings. The van der Waals surface area contributed by atoms with Crippen molar-refractivity contribution < 1.29 is 4.79 Å². The number of alkyl halides is 1. The molecule has 0 unspecified atom stereocenters. The zero-order valence-electron chi connectivity index (χ0n) is 12.0. The highest BCUT2D eigenvalue weighted by Crippen LogP contribution is 2.39. The van der Waals surface area contributed by atoms with Gasteiger partial charge in [-0.1, -0.05) is 23.7 Å². The number of Topliss-reactive ketones (excluding diaryl/α,β-unsaturated/α-hetero) is 1. The molecule has 0 spiro atoms. The fourth-order valence-electron chi connectivity index (χ4n) is 3.26. The molecule has 0 heterocycles. The Hall–Kier alpha value is -0.530. The molecule has 1 saturated carbocycles. The Morgan fingerprint density at radius 1 is 1.25 bits per heavy atom. The first kappa shape index (κ1) is 15.9. The summed E-state index contributed by atoms with van der Waals surface area (Å²) in [5, 5.41) is 0.873. The number of rotatable bonds is 5. The van der Waals surface area contributed by atoms with E-state index in [0.29, 0.717) is 18.3 Å². The molecule has 1 aliphatic carbocycles. The third kappa shape index (κ3) is 3.99. The number of hydrogen-bond acceptors (Lipinski definition) is 1. The molecule has 0 N–H and O–H groups in total. The lowest BCUT2D eigenvalue weighted by Gasteiger charge is -2.29. The van der Waals surface area contributed by atoms with Gasteiger partial charge in [-0.25, -0.2) is 0 Å². The van der Waals surface area contributed by atoms with E-state index in [1.165, 1.54) is 36.8 Å². The van der Waals surface area contributed by atoms with Crippen molar-refractivity contribution in [2.24, 2.45) is 5.92 Å². The van der Waals surface area contributed by atoms with Gasteiger partial charge in [0.2, 0.25) is 0 Å². The largest absolute Gasteiger partial charge is 0.298 e. The standard InChI is InChI=1S/C17H22Cl2O/c1-12-16(3-2-4-17(12)19)14-8-5-13(6-9-14)7-10-15(20)11-18/h2-4,13-14H,5-11H2,1H3. The average Bonchev–Trinajstić information content (AvgIpc) is 2.48. The van der Waals surface area contributed by atoms with Crippen molar-refractivity contribution in [3.05, 3.63) is 34.3 Å². The maximum absolute atomic E-state index is 11.3. The fourth-order valence-corrected chi connectivity index (χ4v) is 3.58. The minimum absolute atomic E-state index is 0.164. The molecule has 110 valence electrons. The summed E-state index contributed by atoms with van der Waals surface area (Å²) in [5.74, 6) is 1.67. The van der Waals surface area contributed by atoms with Crippen molar-refractivity contribution in [2.75, 3.05) is 5.88 Å². The van der Waals surface area contributed by atoms with Gasteiger partial charge in [-0.3, -0.25) is 4.79 Å². The quantitative estimate of drug-likeness (QED) is 0.655. The van der Waals surface area contributed by atoms with E-state index in [1.807, 2.05) is 6.07 Å². The lowest BCUT2D eigenvalue weighted by molar-refractivity contribution is -0.117. The summed E-state index contributed by atoms with van der Waals surface area (Å²) in [6, 6.07) is 6.23. The van der Waals surface area contributed by atoms with Crippen LogP contribution in [0, 0.1) is 12.8 Å². The summed E-state index contributed by atoms with van der Waals surface area (Å²) >= 11 is 11.8. The topological polar surface area (TPSA) is 17.1 Å². The van der Waals surface area contributed by atoms with E-state index in [-0.39, 0.29) is 11.7 Å². The Kier molecular flexibility index (Phi) is 5.92. The van der Waals surface area contributed by atoms with Crippen molar-refractivity contribution in [3.63, 3.8) is 0 Å². The molecule has 0 atom stereocenters. The third-order valence-electron chi connectivity index (χ3n) is 4.58. The van der Waals surface area contributed by atoms with Crippen molar-refractivity contribution >= 4 is 29.0 Å². The Morgan fingerprint density at radius 3 is 2.60 bits per heavy atom. The number of carbonyl (C=O) groups is 1. The summed E-state index contributed by atoms with van der Waals surface area (Å²) in [5.41, 5.74) is 2.64. The van der Waals surface area contributed by atoms with Crippen LogP contribution < -0.4 is 0 Å². The molecule has 0 radical (unpaired) electrons. The van der Waals surface area contributed by atoms with Crippen molar-refractivity contribution in [2.45, 2.75) is 51.4 Å². The number of halogens is 2. The SMILES string of the molecule is Cc1c(Cl)cccc1C1CCC(CCC(=O)CCl)CC1. The van der Waals surface area contributed by atoms with Crippen LogP contribution in [0.4, 0.5) is 0 Å². The first-order valence-corrected chi connectivity index (χ1v) is 8.35. The molecule has 0 aromatic heterocycles. The highest BCUT2D eigenvalue weighted by Gasteiger charge is 2.24. The van der Waals surface area contributed by atoms with Crippen LogP contribution in [-0.2, 0) is 4.79 Å². The van der Waals surface area contributed by atoms with Gasteiger partial charge in [0.15, 0.2) is 0 Å². The van der Waals surface area contributed by atoms with Crippen LogP contribution >= 0.6 is 23.2 Å². The molecular weight excluding hydrogens is 291 g/mol. The van der Waals surface area contributed by atoms with E-state index in [4.69, 9.17) is 23.2 Å². The molecular formula is C17H22Cl2O. The Bertz CT molecular complexity index is 462. The number of benzene rings is 1. The first-order valence-electron chi connectivity index (χ1n) is 7.44. The number of carbonyl (C=O) groups excluding carboxylic acids is 1. The Labute approximate surface area is 131 Å². The second kappa shape index (κ2) is 7.47. The normalized spacial score (nSPS) is 22.8. The van der Waals surface area contributed by atoms with Gasteiger partial charge < -0.3 is 0 Å². The minimum atomic E-state index is 0.164. The second-order valence-corrected chi connectivity index (χ2v) is 6.56. The fraction of sp³-hybridized carbons (Fsp3) is 0.588. The van der Waals surface area contributed by atoms with Crippen LogP contribution in [0.2, 0.25) is 5.02 Å². The molecule has 1 aliphatic rings. The monoisotopic (exact) mass is 312 g/mol. The lowest BCUT2D eigenvalue weighted by Crippen LogP contribution is -2.15. The highest BCUT2D eigenvalue weighted by molar-refractivity contribution is 6.31. The van der Waals surface area contributed by atoms with Crippen LogP contribution in [-0.4, -0.2) is 11.7 Å². The van der Waals surface area contributed by atoms with E-state index in [2.05, 4.69) is 19.1 Å². The van der Waals surface area contributed by atoms with Gasteiger partial charge in [0, 0.05) is 11.4 Å². The highest BCUT2D eigenvalue weighted by atomic mass is 35.5. The van der Waals surface area contributed by atoms with E-state index in [0.717, 1.165) is 11.4 Å². The lowest BCUT2D eigenvalue weighted by atomic mass is 9.76. The van der Waals surface area contributed by atoms with Gasteiger partial charge in [0.25, 0.3) is 0 Å². The molecule has 0 aliphatic heterocycles. The van der Waals surface area contributed by atoms with Crippen LogP contribution in [0.25, 0.3) is 0 Å². The van der Waals surface area contributed by atoms with Gasteiger partial charge in [-0.15, -0.1) is 11.6 Å². The smallest absolute Gasteiger partial charge is 0.147 e. The van der Waals surface area contributed by atoms with Crippen LogP contribution in [0.3, 0.4) is 0 Å². The minimum Gasteiger partial charge on any atom is -0.298 e. The maximum Gasteiger partial charge on any atom is 0.147 e. The molecule has 1 nitrogen and oxygen atoms in total. The average molecular weight is 313 g/mol. The zero-order chi connectivity index (χ0) is 14.5. The van der Waals surface area contributed by atoms with Gasteiger partial charge in [-0.2, -0.15) is 0 Å². The Morgan fingerprint density at radius 2 is 1.95 bits per heavy atom. The molecule has 0 amide bonds. The summed E-state index contributed by atoms with van der Waals surface area (Å²) < 4.78 is 0.